The molecule has 2 N–H and O–H groups in total. The summed E-state index contributed by atoms with van der Waals surface area (Å²) in [5.41, 5.74) is 10.9. The van der Waals surface area contributed by atoms with Crippen LogP contribution in [-0.2, 0) is 18.9 Å². The number of ether oxygens (including phenoxy) is 4. The van der Waals surface area contributed by atoms with E-state index in [1.807, 2.05) is 90.9 Å². The van der Waals surface area contributed by atoms with Crippen molar-refractivity contribution in [2.45, 2.75) is 120 Å². The predicted octanol–water partition coefficient (Wildman–Crippen LogP) is 20.1. The molecule has 11 fully saturated rings. The monoisotopic (exact) mass is 2270 g/mol. The van der Waals surface area contributed by atoms with Crippen molar-refractivity contribution in [3.8, 4) is 0 Å². The second-order valence-corrected chi connectivity index (χ2v) is 40.7. The molecule has 0 spiro atoms. The molecule has 150 heavy (non-hydrogen) atoms. The third-order valence-electron chi connectivity index (χ3n) is 28.3. The molecule has 4 aromatic carbocycles. The molecule has 35 nitrogen and oxygen atoms in total. The van der Waals surface area contributed by atoms with Crippen LogP contribution in [0.3, 0.4) is 0 Å². The first-order valence-electron chi connectivity index (χ1n) is 50.9. The first-order chi connectivity index (χ1) is 72.6. The van der Waals surface area contributed by atoms with Crippen molar-refractivity contribution in [1.29, 1.82) is 0 Å². The number of aromatic nitrogens is 20. The van der Waals surface area contributed by atoms with Crippen molar-refractivity contribution < 1.29 is 22.8 Å². The zero-order chi connectivity index (χ0) is 102. The molecule has 23 heterocycles. The third-order valence-corrected chi connectivity index (χ3v) is 29.9. The van der Waals surface area contributed by atoms with Gasteiger partial charge in [-0.2, -0.15) is 52.2 Å². The molecule has 794 valence electrons. The summed E-state index contributed by atoms with van der Waals surface area (Å²) in [5, 5.41) is 34.6. The van der Waals surface area contributed by atoms with Crippen molar-refractivity contribution in [3.63, 3.8) is 0 Å². The van der Waals surface area contributed by atoms with Crippen LogP contribution in [0.15, 0.2) is 147 Å². The van der Waals surface area contributed by atoms with Crippen molar-refractivity contribution in [2.75, 3.05) is 221 Å². The highest BCUT2D eigenvalue weighted by atomic mass is 35.5. The molecule has 7 atom stereocenters. The van der Waals surface area contributed by atoms with Gasteiger partial charge in [0.25, 0.3) is 0 Å². The highest BCUT2D eigenvalue weighted by Crippen LogP contribution is 2.44. The van der Waals surface area contributed by atoms with Gasteiger partial charge in [0.05, 0.1) is 122 Å². The molecular weight excluding hydrogens is 2150 g/mol. The fourth-order valence-corrected chi connectivity index (χ4v) is 21.7. The van der Waals surface area contributed by atoms with Gasteiger partial charge < -0.3 is 73.7 Å². The lowest BCUT2D eigenvalue weighted by Gasteiger charge is -2.36. The van der Waals surface area contributed by atoms with E-state index in [2.05, 4.69) is 149 Å². The number of piperidine rings is 4. The summed E-state index contributed by atoms with van der Waals surface area (Å²) in [6, 6.07) is 40.0. The summed E-state index contributed by atoms with van der Waals surface area (Å²) in [7, 11) is 4.67. The Bertz CT molecular complexity index is 7030. The third kappa shape index (κ3) is 25.7. The Morgan fingerprint density at radius 1 is 0.327 bits per heavy atom. The molecule has 27 rings (SSSR count). The van der Waals surface area contributed by atoms with Crippen LogP contribution < -0.4 is 54.7 Å². The zero-order valence-electron chi connectivity index (χ0n) is 83.5. The lowest BCUT2D eigenvalue weighted by atomic mass is 9.99. The van der Waals surface area contributed by atoms with Crippen molar-refractivity contribution >= 4 is 252 Å². The van der Waals surface area contributed by atoms with E-state index in [1.54, 1.807) is 31.1 Å². The van der Waals surface area contributed by atoms with Gasteiger partial charge in [0, 0.05) is 207 Å². The van der Waals surface area contributed by atoms with Crippen LogP contribution in [0.4, 0.5) is 56.2 Å². The van der Waals surface area contributed by atoms with Crippen LogP contribution >= 0.6 is 134 Å². The van der Waals surface area contributed by atoms with Gasteiger partial charge in [0.2, 0.25) is 0 Å². The lowest BCUT2D eigenvalue weighted by Crippen LogP contribution is -2.40. The first kappa shape index (κ1) is 110. The number of benzene rings is 4. The summed E-state index contributed by atoms with van der Waals surface area (Å²) < 4.78 is 40.3. The average Bonchev–Trinajstić information content (AvgIpc) is 1.52. The summed E-state index contributed by atoms with van der Waals surface area (Å²) in [6.07, 6.45) is 25.0. The quantitative estimate of drug-likeness (QED) is 0.0800. The maximum absolute atomic E-state index is 10.2. The van der Waals surface area contributed by atoms with Gasteiger partial charge in [-0.15, -0.1) is 30.3 Å². The molecule has 0 radical (unpaired) electrons. The Hall–Kier alpha value is -9.43. The van der Waals surface area contributed by atoms with Gasteiger partial charge in [-0.1, -0.05) is 87.6 Å². The number of anilines is 9. The standard InChI is InChI=1S/2C26H29ClN8O.C23H23Cl2N7O.C15H20ClN5O.C8H4Cl2N2.C3H7N.CH3FS.ClH.H4P2.H3P/c2*27-18-5-6-20-19(14-18)26(29-17-28-20)34-9-2-1-4-22(34)21-15-24-30-23(32-7-3-8-32)16-25(35(24)31-21)33-10-12-36-13-11-33;24-15-4-5-17-16(11-15)23(27-14-26-17)31-6-2-1-3-19(31)18-12-21-28-20(25)13-22(32(21)29-18)30-7-9-33-10-8-30;16-13-10-15(20-5-7-22-8-6-20)21-14(18-13)9-12(19-21)11-3-1-2-4-17-11;9-5-1-2-7-6(3-5)8(10)12-4-11-7;1-2-4-3-1;1-3-2;;1-2;/h2*5-6,14-17,22H,1-4,7-13H2;4-5,11-14,19H,1-3,6-10H2;9-11,17H,1-8H2;1-4H;4H,1-3H2;1H3;1H;1-2H2;1H3/t22-;;;;;;;;;/m0........./s1. The topological polar surface area (TPSA) is 314 Å². The van der Waals surface area contributed by atoms with E-state index in [9.17, 15) is 3.89 Å². The fourth-order valence-electron chi connectivity index (χ4n) is 20.5. The predicted molar refractivity (Wildman–Crippen MR) is 617 cm³/mol. The van der Waals surface area contributed by atoms with Crippen LogP contribution in [0.25, 0.3) is 66.2 Å². The normalized spacial score (nSPS) is 19.3. The van der Waals surface area contributed by atoms with Crippen LogP contribution in [0.2, 0.25) is 35.5 Å². The van der Waals surface area contributed by atoms with Crippen LogP contribution in [0.1, 0.15) is 143 Å². The van der Waals surface area contributed by atoms with Gasteiger partial charge >= 0.3 is 0 Å². The fraction of sp³-hybridized carbons (Fsp3) is 0.451. The molecule has 0 amide bonds. The van der Waals surface area contributed by atoms with Crippen LogP contribution in [0.5, 0.6) is 0 Å². The minimum absolute atomic E-state index is 0. The molecule has 0 saturated carbocycles. The molecule has 48 heteroatoms. The Morgan fingerprint density at radius 2 is 0.627 bits per heavy atom. The molecule has 16 aromatic rings. The smallest absolute Gasteiger partial charge is 0.160 e. The van der Waals surface area contributed by atoms with E-state index in [-0.39, 0.29) is 52.6 Å². The van der Waals surface area contributed by atoms with Gasteiger partial charge in [-0.25, -0.2) is 59.8 Å². The van der Waals surface area contributed by atoms with Crippen molar-refractivity contribution in [1.82, 2.24) is 109 Å². The maximum Gasteiger partial charge on any atom is 0.160 e. The summed E-state index contributed by atoms with van der Waals surface area (Å²) in [6.45, 7) is 23.1. The number of fused-ring (bicyclic) bond motifs is 8. The van der Waals surface area contributed by atoms with Crippen LogP contribution in [0, 0.1) is 0 Å². The molecule has 0 aliphatic carbocycles. The number of morpholine rings is 4. The maximum atomic E-state index is 10.2. The second kappa shape index (κ2) is 52.7. The lowest BCUT2D eigenvalue weighted by molar-refractivity contribution is 0.122. The minimum Gasteiger partial charge on any atom is -0.378 e. The zero-order valence-corrected chi connectivity index (χ0v) is 94.1. The first-order valence-corrected chi connectivity index (χ1v) is 57.3. The van der Waals surface area contributed by atoms with E-state index in [0.29, 0.717) is 54.8 Å². The van der Waals surface area contributed by atoms with E-state index in [4.69, 9.17) is 140 Å². The highest BCUT2D eigenvalue weighted by Gasteiger charge is 2.37. The largest absolute Gasteiger partial charge is 0.378 e. The van der Waals surface area contributed by atoms with Gasteiger partial charge in [0.1, 0.15) is 93.1 Å². The molecular formula is C102H123Cl8FN31O4P3S. The Kier molecular flexibility index (Phi) is 38.7. The number of rotatable bonds is 13. The Labute approximate surface area is 923 Å². The Balaban J connectivity index is 0.000000123. The number of nitrogens with one attached hydrogen (secondary N) is 2. The molecule has 12 aromatic heterocycles. The van der Waals surface area contributed by atoms with E-state index in [0.717, 1.165) is 350 Å². The number of halogens is 9. The van der Waals surface area contributed by atoms with Crippen LogP contribution in [-0.4, -0.2) is 275 Å². The van der Waals surface area contributed by atoms with Crippen molar-refractivity contribution in [3.05, 3.63) is 205 Å². The minimum atomic E-state index is 0. The number of nitrogens with zero attached hydrogens (tertiary/aromatic N) is 29. The average molecular weight is 2270 g/mol. The summed E-state index contributed by atoms with van der Waals surface area (Å²) in [4.78, 5) is 75.5. The number of hydrogen-bond acceptors (Lipinski definition) is 32. The molecule has 11 aliphatic rings. The van der Waals surface area contributed by atoms with Gasteiger partial charge in [-0.3, -0.25) is 0 Å². The molecule has 0 bridgehead atoms. The highest BCUT2D eigenvalue weighted by molar-refractivity contribution is 7.93. The van der Waals surface area contributed by atoms with Gasteiger partial charge in [-0.05, 0) is 182 Å². The Morgan fingerprint density at radius 3 is 0.947 bits per heavy atom. The molecule has 11 aliphatic heterocycles. The van der Waals surface area contributed by atoms with Gasteiger partial charge in [0.15, 0.2) is 22.6 Å². The number of hydrogen-bond donors (Lipinski definition) is 2. The van der Waals surface area contributed by atoms with E-state index in [1.165, 1.54) is 57.8 Å². The summed E-state index contributed by atoms with van der Waals surface area (Å²) in [5.74, 6) is 8.96. The van der Waals surface area contributed by atoms with Crippen molar-refractivity contribution in [2.24, 2.45) is 0 Å². The SMILES string of the molecule is C1CNC1.CSF.Cl.Clc1cc(N2CCOCC2)n2nc(C3CCCCN3)cc2n1.Clc1ccc2ncnc(Cl)c2c1.Clc1ccc2ncnc(N3CCCCC3c3cc4nc(Cl)cc(N5CCOCC5)n4n3)c2c1.Clc1ccc2ncnc(N3CCCCC3c3cc4nc(N5CCC5)cc(N5CCOCC5)n4n3)c2c1.Clc1ccc2ncnc(N3CCCC[C@H]3c3cc4nc(N5CCC5)cc(N5CCOCC5)n4n3)c2c1.P.PP. The van der Waals surface area contributed by atoms with E-state index >= 15 is 0 Å². The molecule has 6 unspecified atom stereocenters. The summed E-state index contributed by atoms with van der Waals surface area (Å²) >= 11 is 43.5. The molecule has 11 saturated heterocycles. The second-order valence-electron chi connectivity index (χ2n) is 37.5. The van der Waals surface area contributed by atoms with E-state index < -0.39 is 0 Å².